The van der Waals surface area contributed by atoms with E-state index in [0.717, 1.165) is 5.56 Å². The fraction of sp³-hybridized carbons (Fsp3) is 0.222. The number of carbonyl (C=O) groups is 1. The molecule has 0 saturated heterocycles. The highest BCUT2D eigenvalue weighted by atomic mass is 16.5. The van der Waals surface area contributed by atoms with Crippen molar-refractivity contribution in [3.63, 3.8) is 0 Å². The van der Waals surface area contributed by atoms with Crippen LogP contribution in [0.2, 0.25) is 0 Å². The maximum Gasteiger partial charge on any atom is 0.188 e. The molecule has 0 aliphatic rings. The molecule has 0 fully saturated rings. The van der Waals surface area contributed by atoms with E-state index < -0.39 is 5.92 Å². The molecule has 21 heavy (non-hydrogen) atoms. The monoisotopic (exact) mass is 279 g/mol. The maximum atomic E-state index is 12.7. The highest BCUT2D eigenvalue weighted by Gasteiger charge is 2.24. The lowest BCUT2D eigenvalue weighted by atomic mass is 9.91. The quantitative estimate of drug-likeness (QED) is 0.780. The van der Waals surface area contributed by atoms with E-state index in [0.29, 0.717) is 23.5 Å². The summed E-state index contributed by atoms with van der Waals surface area (Å²) in [4.78, 5) is 12.7. The van der Waals surface area contributed by atoms with Gasteiger partial charge in [-0.1, -0.05) is 42.0 Å². The van der Waals surface area contributed by atoms with Gasteiger partial charge in [0.2, 0.25) is 0 Å². The Balaban J connectivity index is 2.37. The summed E-state index contributed by atoms with van der Waals surface area (Å²) in [5.41, 5.74) is 2.25. The smallest absolute Gasteiger partial charge is 0.188 e. The van der Waals surface area contributed by atoms with E-state index >= 15 is 0 Å². The van der Waals surface area contributed by atoms with Crippen LogP contribution in [0.5, 0.6) is 5.75 Å². The third kappa shape index (κ3) is 3.29. The van der Waals surface area contributed by atoms with Gasteiger partial charge in [-0.2, -0.15) is 5.26 Å². The first-order chi connectivity index (χ1) is 10.2. The lowest BCUT2D eigenvalue weighted by molar-refractivity contribution is 0.0975. The van der Waals surface area contributed by atoms with Gasteiger partial charge >= 0.3 is 0 Å². The van der Waals surface area contributed by atoms with Crippen molar-refractivity contribution in [1.82, 2.24) is 0 Å². The molecule has 2 aromatic carbocycles. The van der Waals surface area contributed by atoms with Crippen molar-refractivity contribution in [2.75, 3.05) is 6.61 Å². The Labute approximate surface area is 124 Å². The normalized spacial score (nSPS) is 11.5. The molecule has 0 heterocycles. The largest absolute Gasteiger partial charge is 0.493 e. The third-order valence-corrected chi connectivity index (χ3v) is 3.25. The fourth-order valence-corrected chi connectivity index (χ4v) is 2.15. The Hall–Kier alpha value is -2.60. The summed E-state index contributed by atoms with van der Waals surface area (Å²) in [6.07, 6.45) is 0. The second kappa shape index (κ2) is 6.71. The molecule has 0 amide bonds. The first-order valence-corrected chi connectivity index (χ1v) is 6.89. The zero-order valence-corrected chi connectivity index (χ0v) is 12.2. The highest BCUT2D eigenvalue weighted by molar-refractivity contribution is 6.04. The number of ether oxygens (including phenoxy) is 1. The number of aryl methyl sites for hydroxylation is 1. The Morgan fingerprint density at radius 2 is 1.86 bits per heavy atom. The van der Waals surface area contributed by atoms with Crippen LogP contribution in [-0.4, -0.2) is 12.4 Å². The molecule has 0 saturated carbocycles. The zero-order chi connectivity index (χ0) is 15.2. The number of hydrogen-bond donors (Lipinski definition) is 0. The summed E-state index contributed by atoms with van der Waals surface area (Å²) in [5, 5.41) is 9.39. The van der Waals surface area contributed by atoms with Crippen LogP contribution in [0.3, 0.4) is 0 Å². The predicted molar refractivity (Wildman–Crippen MR) is 81.5 cm³/mol. The molecule has 106 valence electrons. The number of rotatable bonds is 5. The molecule has 2 rings (SSSR count). The van der Waals surface area contributed by atoms with Crippen molar-refractivity contribution in [1.29, 1.82) is 5.26 Å². The summed E-state index contributed by atoms with van der Waals surface area (Å²) >= 11 is 0. The number of ketones is 1. The molecule has 2 aromatic rings. The number of hydrogen-bond acceptors (Lipinski definition) is 3. The number of nitriles is 1. The number of para-hydroxylation sites is 1. The number of Topliss-reactive ketones (excluding diaryl/α,β-unsaturated/α-hetero) is 1. The van der Waals surface area contributed by atoms with Gasteiger partial charge in [0.05, 0.1) is 18.2 Å². The molecular formula is C18H17NO2. The SMILES string of the molecule is CCOc1ccccc1C(=O)C(C#N)c1ccc(C)cc1. The van der Waals surface area contributed by atoms with Gasteiger partial charge in [-0.15, -0.1) is 0 Å². The van der Waals surface area contributed by atoms with E-state index in [9.17, 15) is 10.1 Å². The van der Waals surface area contributed by atoms with Gasteiger partial charge in [0.25, 0.3) is 0 Å². The minimum Gasteiger partial charge on any atom is -0.493 e. The Bertz CT molecular complexity index is 668. The Morgan fingerprint density at radius 1 is 1.19 bits per heavy atom. The molecule has 0 bridgehead atoms. The molecule has 0 spiro atoms. The van der Waals surface area contributed by atoms with Crippen molar-refractivity contribution < 1.29 is 9.53 Å². The van der Waals surface area contributed by atoms with Crippen LogP contribution in [0, 0.1) is 18.3 Å². The van der Waals surface area contributed by atoms with Gasteiger partial charge in [0, 0.05) is 0 Å². The molecule has 1 unspecified atom stereocenters. The van der Waals surface area contributed by atoms with Crippen LogP contribution >= 0.6 is 0 Å². The van der Waals surface area contributed by atoms with E-state index in [-0.39, 0.29) is 5.78 Å². The minimum absolute atomic E-state index is 0.231. The molecule has 0 aromatic heterocycles. The fourth-order valence-electron chi connectivity index (χ4n) is 2.15. The lowest BCUT2D eigenvalue weighted by Crippen LogP contribution is -2.13. The maximum absolute atomic E-state index is 12.7. The first kappa shape index (κ1) is 14.8. The van der Waals surface area contributed by atoms with Gasteiger partial charge in [-0.3, -0.25) is 4.79 Å². The van der Waals surface area contributed by atoms with E-state index in [1.807, 2.05) is 44.2 Å². The third-order valence-electron chi connectivity index (χ3n) is 3.25. The van der Waals surface area contributed by atoms with Gasteiger partial charge in [-0.25, -0.2) is 0 Å². The van der Waals surface area contributed by atoms with Gasteiger partial charge < -0.3 is 4.74 Å². The van der Waals surface area contributed by atoms with Crippen LogP contribution in [-0.2, 0) is 0 Å². The zero-order valence-electron chi connectivity index (χ0n) is 12.2. The second-order valence-corrected chi connectivity index (χ2v) is 4.77. The van der Waals surface area contributed by atoms with Crippen LogP contribution in [0.4, 0.5) is 0 Å². The summed E-state index contributed by atoms with van der Waals surface area (Å²) in [6.45, 7) is 4.31. The summed E-state index contributed by atoms with van der Waals surface area (Å²) in [5.74, 6) is -0.519. The van der Waals surface area contributed by atoms with E-state index in [4.69, 9.17) is 4.74 Å². The molecule has 3 nitrogen and oxygen atoms in total. The summed E-state index contributed by atoms with van der Waals surface area (Å²) in [6, 6.07) is 16.6. The van der Waals surface area contributed by atoms with Gasteiger partial charge in [0.15, 0.2) is 5.78 Å². The topological polar surface area (TPSA) is 50.1 Å². The minimum atomic E-state index is -0.813. The van der Waals surface area contributed by atoms with Crippen molar-refractivity contribution in [3.8, 4) is 11.8 Å². The van der Waals surface area contributed by atoms with E-state index in [1.54, 1.807) is 18.2 Å². The Morgan fingerprint density at radius 3 is 2.48 bits per heavy atom. The molecule has 3 heteroatoms. The van der Waals surface area contributed by atoms with Crippen LogP contribution < -0.4 is 4.74 Å². The molecular weight excluding hydrogens is 262 g/mol. The van der Waals surface area contributed by atoms with Crippen LogP contribution in [0.15, 0.2) is 48.5 Å². The van der Waals surface area contributed by atoms with Crippen molar-refractivity contribution in [3.05, 3.63) is 65.2 Å². The molecule has 0 aliphatic heterocycles. The van der Waals surface area contributed by atoms with E-state index in [1.165, 1.54) is 0 Å². The summed E-state index contributed by atoms with van der Waals surface area (Å²) < 4.78 is 5.48. The summed E-state index contributed by atoms with van der Waals surface area (Å²) in [7, 11) is 0. The molecule has 0 radical (unpaired) electrons. The van der Waals surface area contributed by atoms with Crippen molar-refractivity contribution >= 4 is 5.78 Å². The standard InChI is InChI=1S/C18H17NO2/c1-3-21-17-7-5-4-6-15(17)18(20)16(12-19)14-10-8-13(2)9-11-14/h4-11,16H,3H2,1-2H3. The lowest BCUT2D eigenvalue weighted by Gasteiger charge is -2.13. The number of carbonyl (C=O) groups excluding carboxylic acids is 1. The van der Waals surface area contributed by atoms with Gasteiger partial charge in [0.1, 0.15) is 11.7 Å². The van der Waals surface area contributed by atoms with Crippen molar-refractivity contribution in [2.24, 2.45) is 0 Å². The van der Waals surface area contributed by atoms with E-state index in [2.05, 4.69) is 6.07 Å². The van der Waals surface area contributed by atoms with Gasteiger partial charge in [-0.05, 0) is 31.5 Å². The molecule has 0 N–H and O–H groups in total. The van der Waals surface area contributed by atoms with Crippen LogP contribution in [0.25, 0.3) is 0 Å². The highest BCUT2D eigenvalue weighted by Crippen LogP contribution is 2.26. The predicted octanol–water partition coefficient (Wildman–Crippen LogP) is 3.88. The molecule has 1 atom stereocenters. The average molecular weight is 279 g/mol. The Kier molecular flexibility index (Phi) is 4.73. The first-order valence-electron chi connectivity index (χ1n) is 6.89. The molecule has 0 aliphatic carbocycles. The van der Waals surface area contributed by atoms with Crippen molar-refractivity contribution in [2.45, 2.75) is 19.8 Å². The van der Waals surface area contributed by atoms with Crippen LogP contribution in [0.1, 0.15) is 34.3 Å². The number of nitrogens with zero attached hydrogens (tertiary/aromatic N) is 1. The number of benzene rings is 2. The second-order valence-electron chi connectivity index (χ2n) is 4.77. The average Bonchev–Trinajstić information content (AvgIpc) is 2.50.